The minimum absolute atomic E-state index is 0.0968. The van der Waals surface area contributed by atoms with Gasteiger partial charge in [0.15, 0.2) is 0 Å². The van der Waals surface area contributed by atoms with E-state index < -0.39 is 28.5 Å². The fraction of sp³-hybridized carbons (Fsp3) is 0.462. The van der Waals surface area contributed by atoms with Crippen LogP contribution in [0.25, 0.3) is 0 Å². The van der Waals surface area contributed by atoms with E-state index in [0.717, 1.165) is 41.8 Å². The molecule has 2 aromatic rings. The lowest BCUT2D eigenvalue weighted by atomic mass is 10.1. The molecule has 0 heterocycles. The number of halogens is 1. The molecule has 8 nitrogen and oxygen atoms in total. The smallest absolute Gasteiger partial charge is 0.244 e. The number of carbonyl (C=O) groups is 2. The van der Waals surface area contributed by atoms with Gasteiger partial charge in [0.2, 0.25) is 21.8 Å². The topological polar surface area (TPSA) is 96.0 Å². The Morgan fingerprint density at radius 2 is 1.78 bits per heavy atom. The number of ether oxygens (including phenoxy) is 1. The number of carbonyl (C=O) groups excluding carboxylic acids is 2. The normalized spacial score (nSPS) is 14.8. The Kier molecular flexibility index (Phi) is 9.24. The maximum Gasteiger partial charge on any atom is 0.244 e. The van der Waals surface area contributed by atoms with Gasteiger partial charge in [-0.25, -0.2) is 8.42 Å². The zero-order valence-electron chi connectivity index (χ0n) is 21.2. The fourth-order valence-electron chi connectivity index (χ4n) is 4.36. The summed E-state index contributed by atoms with van der Waals surface area (Å²) in [7, 11) is -2.25. The van der Waals surface area contributed by atoms with Crippen LogP contribution in [0.1, 0.15) is 43.7 Å². The minimum atomic E-state index is -3.82. The van der Waals surface area contributed by atoms with Gasteiger partial charge in [0.25, 0.3) is 0 Å². The van der Waals surface area contributed by atoms with Gasteiger partial charge >= 0.3 is 0 Å². The molecule has 1 aliphatic rings. The number of sulfonamides is 1. The van der Waals surface area contributed by atoms with Crippen molar-refractivity contribution in [2.45, 2.75) is 58.2 Å². The van der Waals surface area contributed by atoms with E-state index in [2.05, 4.69) is 5.32 Å². The molecule has 1 atom stereocenters. The Hall–Kier alpha value is -2.78. The molecule has 1 saturated carbocycles. The zero-order chi connectivity index (χ0) is 26.5. The number of nitrogens with one attached hydrogen (secondary N) is 1. The van der Waals surface area contributed by atoms with Crippen molar-refractivity contribution < 1.29 is 22.7 Å². The number of nitrogens with zero attached hydrogens (tertiary/aromatic N) is 2. The highest BCUT2D eigenvalue weighted by Crippen LogP contribution is 2.28. The largest absolute Gasteiger partial charge is 0.497 e. The van der Waals surface area contributed by atoms with Gasteiger partial charge in [-0.05, 0) is 62.1 Å². The highest BCUT2D eigenvalue weighted by molar-refractivity contribution is 7.92. The van der Waals surface area contributed by atoms with E-state index in [1.807, 2.05) is 12.1 Å². The molecular formula is C26H34ClN3O5S. The quantitative estimate of drug-likeness (QED) is 0.498. The molecule has 3 rings (SSSR count). The third-order valence-electron chi connectivity index (χ3n) is 6.57. The summed E-state index contributed by atoms with van der Waals surface area (Å²) in [5, 5.41) is 3.44. The van der Waals surface area contributed by atoms with E-state index >= 15 is 0 Å². The van der Waals surface area contributed by atoms with Gasteiger partial charge in [-0.15, -0.1) is 0 Å². The van der Waals surface area contributed by atoms with Gasteiger partial charge in [0.1, 0.15) is 18.3 Å². The van der Waals surface area contributed by atoms with Gasteiger partial charge in [0.05, 0.1) is 19.1 Å². The molecule has 1 fully saturated rings. The van der Waals surface area contributed by atoms with Crippen LogP contribution in [0.3, 0.4) is 0 Å². The summed E-state index contributed by atoms with van der Waals surface area (Å²) in [6, 6.07) is 11.4. The molecule has 36 heavy (non-hydrogen) atoms. The van der Waals surface area contributed by atoms with E-state index in [1.165, 1.54) is 4.90 Å². The molecule has 10 heteroatoms. The first-order chi connectivity index (χ1) is 17.0. The number of benzene rings is 2. The zero-order valence-corrected chi connectivity index (χ0v) is 22.7. The Labute approximate surface area is 218 Å². The van der Waals surface area contributed by atoms with E-state index in [9.17, 15) is 18.0 Å². The van der Waals surface area contributed by atoms with Crippen LogP contribution in [-0.4, -0.2) is 57.1 Å². The number of hydrogen-bond donors (Lipinski definition) is 1. The Bertz CT molecular complexity index is 1180. The molecule has 0 bridgehead atoms. The second-order valence-corrected chi connectivity index (χ2v) is 11.5. The van der Waals surface area contributed by atoms with Crippen molar-refractivity contribution in [3.05, 3.63) is 58.6 Å². The van der Waals surface area contributed by atoms with Crippen molar-refractivity contribution in [3.63, 3.8) is 0 Å². The second kappa shape index (κ2) is 12.0. The molecule has 0 saturated heterocycles. The highest BCUT2D eigenvalue weighted by Gasteiger charge is 2.32. The fourth-order valence-corrected chi connectivity index (χ4v) is 5.43. The number of anilines is 1. The molecule has 0 aromatic heterocycles. The van der Waals surface area contributed by atoms with E-state index in [4.69, 9.17) is 16.3 Å². The molecule has 1 unspecified atom stereocenters. The van der Waals surface area contributed by atoms with Crippen LogP contribution in [0.5, 0.6) is 5.75 Å². The highest BCUT2D eigenvalue weighted by atomic mass is 35.5. The minimum Gasteiger partial charge on any atom is -0.497 e. The Morgan fingerprint density at radius 1 is 1.14 bits per heavy atom. The molecule has 0 radical (unpaired) electrons. The number of hydrogen-bond acceptors (Lipinski definition) is 5. The lowest BCUT2D eigenvalue weighted by molar-refractivity contribution is -0.139. The standard InChI is InChI=1S/C26H34ClN3O5S/c1-18-23(27)10-7-11-24(18)30(36(4,33)34)17-25(31)29(16-20-12-14-22(35-3)15-13-20)19(2)26(32)28-21-8-5-6-9-21/h7,10-15,19,21H,5-6,8-9,16-17H2,1-4H3,(H,28,32). The van der Waals surface area contributed by atoms with Crippen LogP contribution in [0, 0.1) is 6.92 Å². The van der Waals surface area contributed by atoms with Crippen molar-refractivity contribution in [1.82, 2.24) is 10.2 Å². The first-order valence-corrected chi connectivity index (χ1v) is 14.2. The van der Waals surface area contributed by atoms with Crippen molar-refractivity contribution in [2.75, 3.05) is 24.2 Å². The predicted molar refractivity (Wildman–Crippen MR) is 142 cm³/mol. The summed E-state index contributed by atoms with van der Waals surface area (Å²) < 4.78 is 31.7. The monoisotopic (exact) mass is 535 g/mol. The third kappa shape index (κ3) is 6.91. The Balaban J connectivity index is 1.90. The van der Waals surface area contributed by atoms with Gasteiger partial charge < -0.3 is 15.0 Å². The van der Waals surface area contributed by atoms with Crippen molar-refractivity contribution in [2.24, 2.45) is 0 Å². The van der Waals surface area contributed by atoms with Gasteiger partial charge in [-0.1, -0.05) is 42.6 Å². The van der Waals surface area contributed by atoms with Crippen molar-refractivity contribution in [1.29, 1.82) is 0 Å². The van der Waals surface area contributed by atoms with Crippen LogP contribution >= 0.6 is 11.6 Å². The predicted octanol–water partition coefficient (Wildman–Crippen LogP) is 3.90. The second-order valence-electron chi connectivity index (χ2n) is 9.19. The van der Waals surface area contributed by atoms with E-state index in [0.29, 0.717) is 22.0 Å². The van der Waals surface area contributed by atoms with Crippen LogP contribution < -0.4 is 14.4 Å². The van der Waals surface area contributed by atoms with E-state index in [1.54, 1.807) is 51.3 Å². The van der Waals surface area contributed by atoms with Gasteiger partial charge in [-0.3, -0.25) is 13.9 Å². The number of rotatable bonds is 10. The first kappa shape index (κ1) is 27.8. The van der Waals surface area contributed by atoms with Crippen LogP contribution in [0.2, 0.25) is 5.02 Å². The lowest BCUT2D eigenvalue weighted by Crippen LogP contribution is -2.52. The average molecular weight is 536 g/mol. The van der Waals surface area contributed by atoms with Crippen LogP contribution in [-0.2, 0) is 26.2 Å². The first-order valence-electron chi connectivity index (χ1n) is 12.0. The molecule has 196 valence electrons. The number of amides is 2. The van der Waals surface area contributed by atoms with Crippen molar-refractivity contribution >= 4 is 39.1 Å². The average Bonchev–Trinajstić information content (AvgIpc) is 3.35. The summed E-state index contributed by atoms with van der Waals surface area (Å²) in [5.74, 6) is -0.0818. The molecule has 2 aromatic carbocycles. The van der Waals surface area contributed by atoms with E-state index in [-0.39, 0.29) is 18.5 Å². The lowest BCUT2D eigenvalue weighted by Gasteiger charge is -2.32. The van der Waals surface area contributed by atoms with Crippen LogP contribution in [0.4, 0.5) is 5.69 Å². The van der Waals surface area contributed by atoms with Gasteiger partial charge in [-0.2, -0.15) is 0 Å². The van der Waals surface area contributed by atoms with Gasteiger partial charge in [0, 0.05) is 17.6 Å². The summed E-state index contributed by atoms with van der Waals surface area (Å²) in [4.78, 5) is 28.2. The molecule has 1 aliphatic carbocycles. The summed E-state index contributed by atoms with van der Waals surface area (Å²) in [5.41, 5.74) is 1.66. The van der Waals surface area contributed by atoms with Crippen LogP contribution in [0.15, 0.2) is 42.5 Å². The summed E-state index contributed by atoms with van der Waals surface area (Å²) in [6.07, 6.45) is 5.01. The van der Waals surface area contributed by atoms with Crippen molar-refractivity contribution in [3.8, 4) is 5.75 Å². The molecular weight excluding hydrogens is 502 g/mol. The SMILES string of the molecule is COc1ccc(CN(C(=O)CN(c2cccc(Cl)c2C)S(C)(=O)=O)C(C)C(=O)NC2CCCC2)cc1. The molecule has 0 spiro atoms. The molecule has 0 aliphatic heterocycles. The third-order valence-corrected chi connectivity index (χ3v) is 8.10. The molecule has 2 amide bonds. The summed E-state index contributed by atoms with van der Waals surface area (Å²) in [6.45, 7) is 3.04. The Morgan fingerprint density at radius 3 is 2.36 bits per heavy atom. The number of methoxy groups -OCH3 is 1. The summed E-state index contributed by atoms with van der Waals surface area (Å²) >= 11 is 6.23. The maximum absolute atomic E-state index is 13.7. The maximum atomic E-state index is 13.7. The molecule has 1 N–H and O–H groups in total.